The van der Waals surface area contributed by atoms with E-state index >= 15 is 0 Å². The van der Waals surface area contributed by atoms with Gasteiger partial charge in [-0.25, -0.2) is 4.79 Å². The van der Waals surface area contributed by atoms with Gasteiger partial charge in [-0.15, -0.1) is 0 Å². The number of hydrogen-bond acceptors (Lipinski definition) is 5. The van der Waals surface area contributed by atoms with Crippen molar-refractivity contribution in [2.75, 3.05) is 6.79 Å². The molecule has 164 valence electrons. The molecule has 0 saturated heterocycles. The summed E-state index contributed by atoms with van der Waals surface area (Å²) >= 11 is 0. The van der Waals surface area contributed by atoms with E-state index in [9.17, 15) is 9.59 Å². The molecule has 6 fully saturated rings. The largest absolute Gasteiger partial charge is 0.459 e. The topological polar surface area (TPSA) is 61.8 Å². The van der Waals surface area contributed by atoms with Crippen LogP contribution in [0.2, 0.25) is 0 Å². The summed E-state index contributed by atoms with van der Waals surface area (Å²) < 4.78 is 17.4. The van der Waals surface area contributed by atoms with E-state index in [-0.39, 0.29) is 30.8 Å². The van der Waals surface area contributed by atoms with Crippen LogP contribution in [0.15, 0.2) is 12.2 Å². The molecule has 6 saturated carbocycles. The summed E-state index contributed by atoms with van der Waals surface area (Å²) in [6.45, 7) is 5.55. The van der Waals surface area contributed by atoms with Crippen LogP contribution in [0.1, 0.15) is 58.3 Å². The Hall–Kier alpha value is -1.36. The quantitative estimate of drug-likeness (QED) is 0.283. The molecule has 0 amide bonds. The van der Waals surface area contributed by atoms with E-state index in [1.54, 1.807) is 6.92 Å². The Morgan fingerprint density at radius 3 is 2.40 bits per heavy atom. The molecule has 5 heteroatoms. The third-order valence-electron chi connectivity index (χ3n) is 9.82. The zero-order valence-corrected chi connectivity index (χ0v) is 18.0. The lowest BCUT2D eigenvalue weighted by molar-refractivity contribution is -0.172. The molecular weight excluding hydrogens is 380 g/mol. The third-order valence-corrected chi connectivity index (χ3v) is 9.82. The summed E-state index contributed by atoms with van der Waals surface area (Å²) in [6, 6.07) is 0. The van der Waals surface area contributed by atoms with Crippen LogP contribution in [0.5, 0.6) is 0 Å². The maximum atomic E-state index is 12.9. The Morgan fingerprint density at radius 1 is 0.867 bits per heavy atom. The van der Waals surface area contributed by atoms with Crippen LogP contribution < -0.4 is 0 Å². The number of ether oxygens (including phenoxy) is 3. The maximum Gasteiger partial charge on any atom is 0.333 e. The minimum atomic E-state index is -0.263. The van der Waals surface area contributed by atoms with Crippen LogP contribution >= 0.6 is 0 Å². The molecule has 6 aliphatic carbocycles. The molecule has 0 heterocycles. The Balaban J connectivity index is 1.06. The van der Waals surface area contributed by atoms with Gasteiger partial charge in [-0.3, -0.25) is 4.79 Å². The monoisotopic (exact) mass is 414 g/mol. The second-order valence-corrected chi connectivity index (χ2v) is 11.2. The lowest BCUT2D eigenvalue weighted by Gasteiger charge is -2.40. The van der Waals surface area contributed by atoms with Crippen molar-refractivity contribution in [3.05, 3.63) is 12.2 Å². The Labute approximate surface area is 178 Å². The molecule has 0 aliphatic heterocycles. The van der Waals surface area contributed by atoms with E-state index in [4.69, 9.17) is 14.2 Å². The van der Waals surface area contributed by atoms with Crippen molar-refractivity contribution in [3.8, 4) is 0 Å². The summed E-state index contributed by atoms with van der Waals surface area (Å²) in [5.74, 6) is 4.60. The molecule has 5 nitrogen and oxygen atoms in total. The van der Waals surface area contributed by atoms with Gasteiger partial charge in [0.2, 0.25) is 0 Å². The van der Waals surface area contributed by atoms with Gasteiger partial charge in [0.05, 0.1) is 12.0 Å². The fourth-order valence-corrected chi connectivity index (χ4v) is 8.86. The number of rotatable bonds is 6. The predicted octanol–water partition coefficient (Wildman–Crippen LogP) is 4.11. The maximum absolute atomic E-state index is 12.9. The van der Waals surface area contributed by atoms with Gasteiger partial charge in [-0.1, -0.05) is 6.58 Å². The highest BCUT2D eigenvalue weighted by molar-refractivity contribution is 5.87. The zero-order chi connectivity index (χ0) is 20.6. The van der Waals surface area contributed by atoms with Crippen LogP contribution in [0.4, 0.5) is 0 Å². The Bertz CT molecular complexity index is 761. The smallest absolute Gasteiger partial charge is 0.333 e. The van der Waals surface area contributed by atoms with Crippen molar-refractivity contribution in [2.45, 2.75) is 70.5 Å². The summed E-state index contributed by atoms with van der Waals surface area (Å²) in [6.07, 6.45) is 9.68. The fourth-order valence-electron chi connectivity index (χ4n) is 8.86. The lowest BCUT2D eigenvalue weighted by atomic mass is 9.67. The summed E-state index contributed by atoms with van der Waals surface area (Å²) in [5, 5.41) is 0. The van der Waals surface area contributed by atoms with Gasteiger partial charge in [0.15, 0.2) is 6.79 Å². The van der Waals surface area contributed by atoms with Crippen molar-refractivity contribution in [3.63, 3.8) is 0 Å². The molecular formula is C25H34O5. The average molecular weight is 415 g/mol. The van der Waals surface area contributed by atoms with Crippen LogP contribution in [-0.2, 0) is 23.8 Å². The van der Waals surface area contributed by atoms with Gasteiger partial charge >= 0.3 is 11.9 Å². The highest BCUT2D eigenvalue weighted by Crippen LogP contribution is 2.69. The van der Waals surface area contributed by atoms with Crippen molar-refractivity contribution in [1.29, 1.82) is 0 Å². The number of carbonyl (C=O) groups excluding carboxylic acids is 2. The molecule has 11 atom stereocenters. The van der Waals surface area contributed by atoms with Gasteiger partial charge in [0.1, 0.15) is 6.10 Å². The second-order valence-electron chi connectivity index (χ2n) is 11.2. The average Bonchev–Trinajstić information content (AvgIpc) is 3.54. The first-order chi connectivity index (χ1) is 14.5. The van der Waals surface area contributed by atoms with Gasteiger partial charge in [0, 0.05) is 5.57 Å². The highest BCUT2D eigenvalue weighted by atomic mass is 16.7. The first kappa shape index (κ1) is 19.3. The number of hydrogen-bond donors (Lipinski definition) is 0. The van der Waals surface area contributed by atoms with Gasteiger partial charge in [-0.05, 0) is 106 Å². The molecule has 0 aromatic heterocycles. The van der Waals surface area contributed by atoms with E-state index in [2.05, 4.69) is 6.58 Å². The minimum absolute atomic E-state index is 0.0109. The first-order valence-corrected chi connectivity index (χ1v) is 12.1. The Kier molecular flexibility index (Phi) is 4.56. The minimum Gasteiger partial charge on any atom is -0.459 e. The zero-order valence-electron chi connectivity index (χ0n) is 18.0. The SMILES string of the molecule is C=C(C)C(=O)OC1CC2CC1C1C3CC(CC3C(=O)OCOC3CC4CCC3C4)C21. The van der Waals surface area contributed by atoms with Crippen LogP contribution in [-0.4, -0.2) is 30.9 Å². The van der Waals surface area contributed by atoms with Crippen LogP contribution in [0.3, 0.4) is 0 Å². The Morgan fingerprint density at radius 2 is 1.67 bits per heavy atom. The van der Waals surface area contributed by atoms with Gasteiger partial charge in [-0.2, -0.15) is 0 Å². The molecule has 0 aromatic carbocycles. The molecule has 6 aliphatic rings. The molecule has 11 unspecified atom stereocenters. The summed E-state index contributed by atoms with van der Waals surface area (Å²) in [4.78, 5) is 25.0. The van der Waals surface area contributed by atoms with Crippen LogP contribution in [0.25, 0.3) is 0 Å². The molecule has 0 N–H and O–H groups in total. The van der Waals surface area contributed by atoms with Crippen molar-refractivity contribution in [2.24, 2.45) is 53.3 Å². The lowest BCUT2D eigenvalue weighted by Crippen LogP contribution is -2.42. The number of fused-ring (bicyclic) bond motifs is 11. The summed E-state index contributed by atoms with van der Waals surface area (Å²) in [5.41, 5.74) is 0.471. The highest BCUT2D eigenvalue weighted by Gasteiger charge is 2.66. The van der Waals surface area contributed by atoms with Crippen molar-refractivity contribution < 1.29 is 23.8 Å². The van der Waals surface area contributed by atoms with Gasteiger partial charge in [0.25, 0.3) is 0 Å². The third kappa shape index (κ3) is 2.91. The normalized spacial score (nSPS) is 49.4. The molecule has 30 heavy (non-hydrogen) atoms. The van der Waals surface area contributed by atoms with E-state index in [1.165, 1.54) is 19.3 Å². The second kappa shape index (κ2) is 7.08. The van der Waals surface area contributed by atoms with E-state index in [0.29, 0.717) is 47.2 Å². The van der Waals surface area contributed by atoms with E-state index in [1.807, 2.05) is 0 Å². The molecule has 0 spiro atoms. The van der Waals surface area contributed by atoms with Crippen LogP contribution in [0, 0.1) is 53.3 Å². The molecule has 6 bridgehead atoms. The first-order valence-electron chi connectivity index (χ1n) is 12.1. The van der Waals surface area contributed by atoms with E-state index in [0.717, 1.165) is 43.9 Å². The standard InChI is InChI=1S/C25H34O5/c1-12(2)24(26)30-21-10-16-9-19(21)23-17-7-15(22(16)23)8-18(17)25(27)29-11-28-20-6-13-3-4-14(20)5-13/h13-23H,1,3-11H2,2H3. The molecule has 0 aromatic rings. The van der Waals surface area contributed by atoms with E-state index < -0.39 is 0 Å². The van der Waals surface area contributed by atoms with Crippen molar-refractivity contribution in [1.82, 2.24) is 0 Å². The fraction of sp³-hybridized carbons (Fsp3) is 0.840. The van der Waals surface area contributed by atoms with Gasteiger partial charge < -0.3 is 14.2 Å². The summed E-state index contributed by atoms with van der Waals surface area (Å²) in [7, 11) is 0. The predicted molar refractivity (Wildman–Crippen MR) is 109 cm³/mol. The number of esters is 2. The molecule has 0 radical (unpaired) electrons. The number of carbonyl (C=O) groups is 2. The molecule has 6 rings (SSSR count). The van der Waals surface area contributed by atoms with Crippen molar-refractivity contribution >= 4 is 11.9 Å².